The first-order chi connectivity index (χ1) is 13.5. The minimum atomic E-state index is -0.125. The van der Waals surface area contributed by atoms with E-state index < -0.39 is 0 Å². The molecule has 8 nitrogen and oxygen atoms in total. The van der Waals surface area contributed by atoms with Crippen LogP contribution in [0.2, 0.25) is 0 Å². The summed E-state index contributed by atoms with van der Waals surface area (Å²) in [5.41, 5.74) is 6.56. The summed E-state index contributed by atoms with van der Waals surface area (Å²) in [6, 6.07) is 0.0837. The topological polar surface area (TPSA) is 106 Å². The van der Waals surface area contributed by atoms with Crippen LogP contribution in [-0.2, 0) is 0 Å². The zero-order chi connectivity index (χ0) is 19.4. The van der Waals surface area contributed by atoms with Crippen molar-refractivity contribution in [3.8, 4) is 0 Å². The number of nitrogen functional groups attached to an aromatic ring is 1. The van der Waals surface area contributed by atoms with Crippen molar-refractivity contribution in [1.29, 1.82) is 0 Å². The van der Waals surface area contributed by atoms with Gasteiger partial charge in [0.25, 0.3) is 11.8 Å². The molecule has 0 bridgehead atoms. The zero-order valence-electron chi connectivity index (χ0n) is 15.3. The van der Waals surface area contributed by atoms with Crippen molar-refractivity contribution < 1.29 is 9.59 Å². The van der Waals surface area contributed by atoms with Crippen LogP contribution < -0.4 is 11.1 Å². The largest absolute Gasteiger partial charge is 0.375 e. The predicted molar refractivity (Wildman–Crippen MR) is 108 cm³/mol. The van der Waals surface area contributed by atoms with Gasteiger partial charge in [0.2, 0.25) is 0 Å². The Morgan fingerprint density at radius 2 is 2.11 bits per heavy atom. The average Bonchev–Trinajstić information content (AvgIpc) is 3.44. The van der Waals surface area contributed by atoms with Crippen molar-refractivity contribution in [2.45, 2.75) is 25.8 Å². The maximum Gasteiger partial charge on any atom is 0.265 e. The van der Waals surface area contributed by atoms with Gasteiger partial charge in [-0.3, -0.25) is 14.0 Å². The summed E-state index contributed by atoms with van der Waals surface area (Å²) >= 11 is 2.63. The fourth-order valence-corrected chi connectivity index (χ4v) is 6.12. The molecule has 3 unspecified atom stereocenters. The number of amides is 2. The number of rotatable bonds is 3. The fourth-order valence-electron chi connectivity index (χ4n) is 4.48. The highest BCUT2D eigenvalue weighted by atomic mass is 32.1. The van der Waals surface area contributed by atoms with Gasteiger partial charge >= 0.3 is 0 Å². The Bertz CT molecular complexity index is 1070. The number of likely N-dealkylation sites (tertiary alicyclic amines) is 1. The number of nitrogens with one attached hydrogen (secondary N) is 1. The SMILES string of the molecule is Cc1c(C(=O)N2CC3CCC(NC(=O)c4cnc(N)s4)C3C2)sc2nccn12. The highest BCUT2D eigenvalue weighted by Crippen LogP contribution is 2.39. The van der Waals surface area contributed by atoms with E-state index in [-0.39, 0.29) is 17.9 Å². The Labute approximate surface area is 169 Å². The number of hydrogen-bond donors (Lipinski definition) is 2. The lowest BCUT2D eigenvalue weighted by Crippen LogP contribution is -2.40. The Morgan fingerprint density at radius 3 is 2.86 bits per heavy atom. The van der Waals surface area contributed by atoms with E-state index in [1.54, 1.807) is 6.20 Å². The van der Waals surface area contributed by atoms with Crippen molar-refractivity contribution in [3.63, 3.8) is 0 Å². The molecule has 10 heteroatoms. The number of aryl methyl sites for hydroxylation is 1. The van der Waals surface area contributed by atoms with E-state index in [0.717, 1.165) is 34.9 Å². The minimum absolute atomic E-state index is 0.0720. The van der Waals surface area contributed by atoms with Crippen LogP contribution in [0.1, 0.15) is 37.9 Å². The van der Waals surface area contributed by atoms with Crippen LogP contribution in [0.3, 0.4) is 0 Å². The van der Waals surface area contributed by atoms with Gasteiger partial charge in [-0.25, -0.2) is 9.97 Å². The first kappa shape index (κ1) is 17.6. The molecule has 28 heavy (non-hydrogen) atoms. The second kappa shape index (κ2) is 6.56. The van der Waals surface area contributed by atoms with Crippen LogP contribution in [0.5, 0.6) is 0 Å². The summed E-state index contributed by atoms with van der Waals surface area (Å²) in [5.74, 6) is 0.676. The van der Waals surface area contributed by atoms with Crippen LogP contribution in [-0.4, -0.2) is 50.2 Å². The zero-order valence-corrected chi connectivity index (χ0v) is 16.9. The van der Waals surface area contributed by atoms with Gasteiger partial charge in [-0.1, -0.05) is 22.7 Å². The summed E-state index contributed by atoms with van der Waals surface area (Å²) in [7, 11) is 0. The van der Waals surface area contributed by atoms with Gasteiger partial charge in [0.15, 0.2) is 10.1 Å². The lowest BCUT2D eigenvalue weighted by Gasteiger charge is -2.21. The van der Waals surface area contributed by atoms with Crippen LogP contribution in [0.15, 0.2) is 18.6 Å². The number of thiazole rings is 2. The smallest absolute Gasteiger partial charge is 0.265 e. The van der Waals surface area contributed by atoms with Crippen LogP contribution in [0, 0.1) is 18.8 Å². The molecule has 1 saturated heterocycles. The molecular formula is C18H20N6O2S2. The molecule has 0 radical (unpaired) electrons. The Morgan fingerprint density at radius 1 is 1.25 bits per heavy atom. The first-order valence-corrected chi connectivity index (χ1v) is 10.9. The van der Waals surface area contributed by atoms with Gasteiger partial charge in [0.1, 0.15) is 9.75 Å². The summed E-state index contributed by atoms with van der Waals surface area (Å²) in [6.45, 7) is 3.39. The van der Waals surface area contributed by atoms with Gasteiger partial charge in [-0.05, 0) is 25.7 Å². The molecule has 3 aromatic rings. The molecule has 0 spiro atoms. The number of hydrogen-bond acceptors (Lipinski definition) is 7. The highest BCUT2D eigenvalue weighted by Gasteiger charge is 2.45. The molecule has 2 aliphatic rings. The third kappa shape index (κ3) is 2.78. The number of anilines is 1. The predicted octanol–water partition coefficient (Wildman–Crippen LogP) is 2.02. The van der Waals surface area contributed by atoms with E-state index >= 15 is 0 Å². The number of carbonyl (C=O) groups is 2. The van der Waals surface area contributed by atoms with E-state index in [1.807, 2.05) is 22.4 Å². The second-order valence-corrected chi connectivity index (χ2v) is 9.49. The van der Waals surface area contributed by atoms with Crippen molar-refractivity contribution in [3.05, 3.63) is 34.0 Å². The van der Waals surface area contributed by atoms with Crippen LogP contribution in [0.25, 0.3) is 4.96 Å². The summed E-state index contributed by atoms with van der Waals surface area (Å²) < 4.78 is 1.96. The molecular weight excluding hydrogens is 396 g/mol. The molecule has 4 heterocycles. The Hall–Kier alpha value is -2.46. The molecule has 1 aliphatic heterocycles. The maximum atomic E-state index is 13.1. The fraction of sp³-hybridized carbons (Fsp3) is 0.444. The number of fused-ring (bicyclic) bond motifs is 2. The minimum Gasteiger partial charge on any atom is -0.375 e. The quantitative estimate of drug-likeness (QED) is 0.680. The highest BCUT2D eigenvalue weighted by molar-refractivity contribution is 7.19. The molecule has 2 fully saturated rings. The summed E-state index contributed by atoms with van der Waals surface area (Å²) in [4.78, 5) is 37.9. The Kier molecular flexibility index (Phi) is 4.13. The van der Waals surface area contributed by atoms with Gasteiger partial charge < -0.3 is 16.0 Å². The number of imidazole rings is 1. The van der Waals surface area contributed by atoms with E-state index in [0.29, 0.717) is 28.4 Å². The molecule has 5 rings (SSSR count). The molecule has 1 aliphatic carbocycles. The van der Waals surface area contributed by atoms with Crippen molar-refractivity contribution in [2.24, 2.45) is 11.8 Å². The van der Waals surface area contributed by atoms with Gasteiger partial charge in [0.05, 0.1) is 6.20 Å². The molecule has 3 N–H and O–H groups in total. The number of nitrogens with two attached hydrogens (primary N) is 1. The normalized spacial score (nSPS) is 24.0. The molecule has 2 amide bonds. The Balaban J connectivity index is 1.29. The van der Waals surface area contributed by atoms with Gasteiger partial charge in [-0.15, -0.1) is 0 Å². The number of nitrogens with zero attached hydrogens (tertiary/aromatic N) is 4. The van der Waals surface area contributed by atoms with E-state index in [9.17, 15) is 9.59 Å². The van der Waals surface area contributed by atoms with Crippen molar-refractivity contribution in [1.82, 2.24) is 24.6 Å². The number of carbonyl (C=O) groups excluding carboxylic acids is 2. The summed E-state index contributed by atoms with van der Waals surface area (Å²) in [5, 5.41) is 3.53. The lowest BCUT2D eigenvalue weighted by atomic mass is 9.98. The average molecular weight is 417 g/mol. The van der Waals surface area contributed by atoms with Crippen LogP contribution in [0.4, 0.5) is 5.13 Å². The summed E-state index contributed by atoms with van der Waals surface area (Å²) in [6.07, 6.45) is 7.12. The second-order valence-electron chi connectivity index (χ2n) is 7.45. The third-order valence-corrected chi connectivity index (χ3v) is 7.88. The maximum absolute atomic E-state index is 13.1. The van der Waals surface area contributed by atoms with E-state index in [4.69, 9.17) is 5.73 Å². The molecule has 146 valence electrons. The molecule has 3 aromatic heterocycles. The first-order valence-electron chi connectivity index (χ1n) is 9.25. The van der Waals surface area contributed by atoms with Gasteiger partial charge in [0, 0.05) is 43.1 Å². The monoisotopic (exact) mass is 416 g/mol. The van der Waals surface area contributed by atoms with Crippen molar-refractivity contribution >= 4 is 44.6 Å². The molecule has 3 atom stereocenters. The third-order valence-electron chi connectivity index (χ3n) is 5.89. The van der Waals surface area contributed by atoms with E-state index in [1.165, 1.54) is 28.9 Å². The van der Waals surface area contributed by atoms with Gasteiger partial charge in [-0.2, -0.15) is 0 Å². The molecule has 1 saturated carbocycles. The standard InChI is InChI=1S/C18H20N6O2S2/c1-9-14(28-18-20-4-5-24(9)18)16(26)23-7-10-2-3-12(11(10)8-23)22-15(25)13-6-21-17(19)27-13/h4-6,10-12H,2-3,7-8H2,1H3,(H2,19,21)(H,22,25). The molecule has 0 aromatic carbocycles. The lowest BCUT2D eigenvalue weighted by molar-refractivity contribution is 0.0781. The number of aromatic nitrogens is 3. The van der Waals surface area contributed by atoms with E-state index in [2.05, 4.69) is 15.3 Å². The van der Waals surface area contributed by atoms with Crippen LogP contribution >= 0.6 is 22.7 Å². The van der Waals surface area contributed by atoms with Crippen molar-refractivity contribution in [2.75, 3.05) is 18.8 Å².